The standard InChI is InChI=1S/C18H29NO6/c1-11-17(5,22-6)24-13-9-19(15(21)25-16(2,3)4)18(7-8-18)12(10-20)14(13)23-11/h10-14H,7-9H2,1-6H3. The molecule has 3 fully saturated rings. The van der Waals surface area contributed by atoms with Crippen molar-refractivity contribution in [3.8, 4) is 0 Å². The van der Waals surface area contributed by atoms with Crippen molar-refractivity contribution < 1.29 is 28.5 Å². The summed E-state index contributed by atoms with van der Waals surface area (Å²) in [7, 11) is 1.56. The number of rotatable bonds is 2. The van der Waals surface area contributed by atoms with E-state index in [1.165, 1.54) is 0 Å². The first-order valence-corrected chi connectivity index (χ1v) is 8.91. The van der Waals surface area contributed by atoms with Gasteiger partial charge in [-0.15, -0.1) is 0 Å². The van der Waals surface area contributed by atoms with Crippen LogP contribution in [0.5, 0.6) is 0 Å². The predicted octanol–water partition coefficient (Wildman–Crippen LogP) is 2.12. The van der Waals surface area contributed by atoms with Gasteiger partial charge in [0.15, 0.2) is 5.79 Å². The topological polar surface area (TPSA) is 74.3 Å². The molecule has 2 aliphatic heterocycles. The molecular weight excluding hydrogens is 326 g/mol. The summed E-state index contributed by atoms with van der Waals surface area (Å²) in [6, 6.07) is 0. The molecule has 1 amide bonds. The maximum absolute atomic E-state index is 12.8. The molecule has 2 saturated heterocycles. The monoisotopic (exact) mass is 355 g/mol. The van der Waals surface area contributed by atoms with Crippen LogP contribution in [-0.4, -0.2) is 66.2 Å². The number of amides is 1. The Hall–Kier alpha value is -1.18. The van der Waals surface area contributed by atoms with Crippen LogP contribution in [0.3, 0.4) is 0 Å². The lowest BCUT2D eigenvalue weighted by molar-refractivity contribution is -0.361. The van der Waals surface area contributed by atoms with Crippen molar-refractivity contribution in [2.75, 3.05) is 13.7 Å². The van der Waals surface area contributed by atoms with Crippen LogP contribution in [-0.2, 0) is 23.7 Å². The van der Waals surface area contributed by atoms with E-state index in [-0.39, 0.29) is 12.2 Å². The van der Waals surface area contributed by atoms with Gasteiger partial charge in [-0.2, -0.15) is 0 Å². The molecule has 0 bridgehead atoms. The number of ether oxygens (including phenoxy) is 4. The number of piperidine rings is 1. The van der Waals surface area contributed by atoms with Crippen LogP contribution >= 0.6 is 0 Å². The average Bonchev–Trinajstić information content (AvgIpc) is 3.28. The molecule has 2 heterocycles. The molecule has 3 aliphatic rings. The fraction of sp³-hybridized carbons (Fsp3) is 0.889. The zero-order valence-electron chi connectivity index (χ0n) is 15.9. The quantitative estimate of drug-likeness (QED) is 0.707. The number of fused-ring (bicyclic) bond motifs is 1. The van der Waals surface area contributed by atoms with Crippen molar-refractivity contribution in [3.05, 3.63) is 0 Å². The molecule has 0 radical (unpaired) electrons. The van der Waals surface area contributed by atoms with Gasteiger partial charge in [-0.25, -0.2) is 4.79 Å². The zero-order chi connectivity index (χ0) is 18.6. The van der Waals surface area contributed by atoms with Gasteiger partial charge in [-0.1, -0.05) is 0 Å². The lowest BCUT2D eigenvalue weighted by Gasteiger charge is -2.54. The number of hydrogen-bond donors (Lipinski definition) is 0. The number of carbonyl (C=O) groups is 2. The summed E-state index contributed by atoms with van der Waals surface area (Å²) >= 11 is 0. The molecule has 1 saturated carbocycles. The fourth-order valence-electron chi connectivity index (χ4n) is 3.94. The predicted molar refractivity (Wildman–Crippen MR) is 89.1 cm³/mol. The summed E-state index contributed by atoms with van der Waals surface area (Å²) in [6.07, 6.45) is 0.928. The van der Waals surface area contributed by atoms with Crippen molar-refractivity contribution in [3.63, 3.8) is 0 Å². The fourth-order valence-corrected chi connectivity index (χ4v) is 3.94. The lowest BCUT2D eigenvalue weighted by atomic mass is 9.82. The molecule has 0 aromatic heterocycles. The third-order valence-corrected chi connectivity index (χ3v) is 5.65. The van der Waals surface area contributed by atoms with Crippen LogP contribution in [0.4, 0.5) is 4.79 Å². The number of likely N-dealkylation sites (tertiary alicyclic amines) is 1. The normalized spacial score (nSPS) is 39.7. The molecule has 5 unspecified atom stereocenters. The maximum Gasteiger partial charge on any atom is 0.410 e. The summed E-state index contributed by atoms with van der Waals surface area (Å²) in [4.78, 5) is 26.4. The summed E-state index contributed by atoms with van der Waals surface area (Å²) in [5.74, 6) is -1.34. The summed E-state index contributed by atoms with van der Waals surface area (Å²) < 4.78 is 23.3. The number of aldehydes is 1. The van der Waals surface area contributed by atoms with Crippen LogP contribution in [0, 0.1) is 5.92 Å². The van der Waals surface area contributed by atoms with Gasteiger partial charge >= 0.3 is 6.09 Å². The number of hydrogen-bond acceptors (Lipinski definition) is 6. The summed E-state index contributed by atoms with van der Waals surface area (Å²) in [6.45, 7) is 9.51. The molecule has 0 N–H and O–H groups in total. The number of nitrogens with zero attached hydrogens (tertiary/aromatic N) is 1. The van der Waals surface area contributed by atoms with E-state index >= 15 is 0 Å². The number of methoxy groups -OCH3 is 1. The van der Waals surface area contributed by atoms with Crippen LogP contribution in [0.15, 0.2) is 0 Å². The second-order valence-electron chi connectivity index (χ2n) is 8.48. The molecule has 0 aromatic carbocycles. The van der Waals surface area contributed by atoms with Crippen LogP contribution in [0.25, 0.3) is 0 Å². The van der Waals surface area contributed by atoms with Crippen LogP contribution < -0.4 is 0 Å². The van der Waals surface area contributed by atoms with Gasteiger partial charge in [0.05, 0.1) is 24.1 Å². The highest BCUT2D eigenvalue weighted by molar-refractivity contribution is 5.73. The third kappa shape index (κ3) is 3.06. The maximum atomic E-state index is 12.8. The van der Waals surface area contributed by atoms with E-state index in [1.807, 2.05) is 34.6 Å². The third-order valence-electron chi connectivity index (χ3n) is 5.65. The van der Waals surface area contributed by atoms with Crippen molar-refractivity contribution in [1.82, 2.24) is 4.90 Å². The van der Waals surface area contributed by atoms with Gasteiger partial charge in [0.1, 0.15) is 24.1 Å². The highest BCUT2D eigenvalue weighted by Gasteiger charge is 2.66. The molecule has 1 aliphatic carbocycles. The average molecular weight is 355 g/mol. The van der Waals surface area contributed by atoms with Crippen LogP contribution in [0.1, 0.15) is 47.5 Å². The first-order chi connectivity index (χ1) is 11.6. The van der Waals surface area contributed by atoms with Crippen LogP contribution in [0.2, 0.25) is 0 Å². The number of carbonyl (C=O) groups excluding carboxylic acids is 2. The second-order valence-corrected chi connectivity index (χ2v) is 8.48. The SMILES string of the molecule is COC1(C)OC2CN(C(=O)OC(C)(C)C)C3(CC3)C(C=O)C2OC1C. The Morgan fingerprint density at radius 3 is 2.44 bits per heavy atom. The van der Waals surface area contributed by atoms with E-state index < -0.39 is 35.0 Å². The minimum atomic E-state index is -0.914. The molecule has 7 heteroatoms. The van der Waals surface area contributed by atoms with E-state index in [1.54, 1.807) is 12.0 Å². The van der Waals surface area contributed by atoms with Crippen molar-refractivity contribution >= 4 is 12.4 Å². The first-order valence-electron chi connectivity index (χ1n) is 8.91. The van der Waals surface area contributed by atoms with Gasteiger partial charge in [-0.3, -0.25) is 4.90 Å². The van der Waals surface area contributed by atoms with E-state index in [0.717, 1.165) is 19.1 Å². The molecule has 3 rings (SSSR count). The smallest absolute Gasteiger partial charge is 0.410 e. The van der Waals surface area contributed by atoms with Gasteiger partial charge < -0.3 is 23.7 Å². The highest BCUT2D eigenvalue weighted by Crippen LogP contribution is 2.54. The Bertz CT molecular complexity index is 554. The summed E-state index contributed by atoms with van der Waals surface area (Å²) in [5, 5.41) is 0. The molecule has 142 valence electrons. The molecule has 7 nitrogen and oxygen atoms in total. The molecule has 0 aromatic rings. The lowest BCUT2D eigenvalue weighted by Crippen LogP contribution is -2.69. The zero-order valence-corrected chi connectivity index (χ0v) is 15.9. The van der Waals surface area contributed by atoms with E-state index in [4.69, 9.17) is 18.9 Å². The van der Waals surface area contributed by atoms with E-state index in [0.29, 0.717) is 6.54 Å². The Morgan fingerprint density at radius 1 is 1.32 bits per heavy atom. The van der Waals surface area contributed by atoms with Gasteiger partial charge in [0.25, 0.3) is 0 Å². The Kier molecular flexibility index (Phi) is 4.41. The van der Waals surface area contributed by atoms with Gasteiger partial charge in [0, 0.05) is 7.11 Å². The Labute approximate surface area is 148 Å². The molecule has 5 atom stereocenters. The van der Waals surface area contributed by atoms with Crippen molar-refractivity contribution in [2.24, 2.45) is 5.92 Å². The minimum Gasteiger partial charge on any atom is -0.444 e. The summed E-state index contributed by atoms with van der Waals surface area (Å²) in [5.41, 5.74) is -1.10. The van der Waals surface area contributed by atoms with Crippen molar-refractivity contribution in [2.45, 2.75) is 82.7 Å². The molecule has 1 spiro atoms. The molecular formula is C18H29NO6. The van der Waals surface area contributed by atoms with Gasteiger partial charge in [-0.05, 0) is 47.5 Å². The van der Waals surface area contributed by atoms with E-state index in [2.05, 4.69) is 0 Å². The van der Waals surface area contributed by atoms with Crippen molar-refractivity contribution in [1.29, 1.82) is 0 Å². The van der Waals surface area contributed by atoms with Gasteiger partial charge in [0.2, 0.25) is 0 Å². The largest absolute Gasteiger partial charge is 0.444 e. The van der Waals surface area contributed by atoms with E-state index in [9.17, 15) is 9.59 Å². The first kappa shape index (κ1) is 18.6. The highest BCUT2D eigenvalue weighted by atomic mass is 16.7. The Morgan fingerprint density at radius 2 is 1.96 bits per heavy atom. The Balaban J connectivity index is 1.88. The minimum absolute atomic E-state index is 0.315. The second kappa shape index (κ2) is 5.93. The molecule has 25 heavy (non-hydrogen) atoms.